The molecule has 31 heavy (non-hydrogen) atoms. The van der Waals surface area contributed by atoms with Gasteiger partial charge in [0.05, 0.1) is 25.5 Å². The number of aliphatic hydroxyl groups is 1. The lowest BCUT2D eigenvalue weighted by Gasteiger charge is -2.30. The minimum absolute atomic E-state index is 0.0911. The van der Waals surface area contributed by atoms with Gasteiger partial charge in [-0.3, -0.25) is 4.79 Å². The topological polar surface area (TPSA) is 115 Å². The first-order valence-corrected chi connectivity index (χ1v) is 9.97. The van der Waals surface area contributed by atoms with E-state index in [1.54, 1.807) is 25.1 Å². The molecule has 0 aliphatic carbocycles. The van der Waals surface area contributed by atoms with E-state index in [1.165, 1.54) is 12.1 Å². The predicted molar refractivity (Wildman–Crippen MR) is 107 cm³/mol. The lowest BCUT2D eigenvalue weighted by Crippen LogP contribution is -2.43. The number of nitrogens with zero attached hydrogens (tertiary/aromatic N) is 3. The molecule has 2 aliphatic heterocycles. The maximum absolute atomic E-state index is 13.0. The Bertz CT molecular complexity index is 961. The highest BCUT2D eigenvalue weighted by atomic mass is 19.1. The molecule has 1 aromatic carbocycles. The summed E-state index contributed by atoms with van der Waals surface area (Å²) >= 11 is 0. The molecular weight excluding hydrogens is 407 g/mol. The fraction of sp³-hybridized carbons (Fsp3) is 0.429. The number of benzene rings is 1. The van der Waals surface area contributed by atoms with Crippen LogP contribution in [0.1, 0.15) is 34.0 Å². The van der Waals surface area contributed by atoms with Crippen LogP contribution in [0.3, 0.4) is 0 Å². The molecule has 3 atom stereocenters. The van der Waals surface area contributed by atoms with Gasteiger partial charge in [-0.15, -0.1) is 0 Å². The molecule has 1 fully saturated rings. The number of hydrogen-bond acceptors (Lipinski definition) is 8. The van der Waals surface area contributed by atoms with E-state index >= 15 is 0 Å². The van der Waals surface area contributed by atoms with Crippen molar-refractivity contribution < 1.29 is 28.6 Å². The highest BCUT2D eigenvalue weighted by molar-refractivity contribution is 6.02. The molecule has 0 unspecified atom stereocenters. The van der Waals surface area contributed by atoms with Gasteiger partial charge in [0.25, 0.3) is 5.91 Å². The molecule has 164 valence electrons. The zero-order chi connectivity index (χ0) is 21.8. The molecule has 2 N–H and O–H groups in total. The second-order valence-electron chi connectivity index (χ2n) is 7.39. The van der Waals surface area contributed by atoms with Crippen LogP contribution in [0, 0.1) is 12.7 Å². The summed E-state index contributed by atoms with van der Waals surface area (Å²) in [5.41, 5.74) is 2.08. The van der Waals surface area contributed by atoms with Crippen LogP contribution < -0.4 is 5.32 Å². The van der Waals surface area contributed by atoms with Crippen LogP contribution in [0.4, 0.5) is 4.39 Å². The Hall–Kier alpha value is -2.95. The highest BCUT2D eigenvalue weighted by Crippen LogP contribution is 2.23. The molecule has 4 rings (SSSR count). The summed E-state index contributed by atoms with van der Waals surface area (Å²) < 4.78 is 24.3. The van der Waals surface area contributed by atoms with Crippen LogP contribution in [0.5, 0.6) is 0 Å². The van der Waals surface area contributed by atoms with Crippen molar-refractivity contribution in [3.63, 3.8) is 0 Å². The van der Waals surface area contributed by atoms with Gasteiger partial charge in [-0.05, 0) is 30.7 Å². The molecular formula is C21H23FN4O5. The molecule has 1 saturated heterocycles. The van der Waals surface area contributed by atoms with Crippen molar-refractivity contribution in [2.75, 3.05) is 19.8 Å². The molecule has 0 bridgehead atoms. The van der Waals surface area contributed by atoms with Crippen LogP contribution in [0.25, 0.3) is 0 Å². The molecule has 10 heteroatoms. The third-order valence-electron chi connectivity index (χ3n) is 5.04. The normalized spacial score (nSPS) is 23.2. The van der Waals surface area contributed by atoms with Gasteiger partial charge in [-0.25, -0.2) is 14.4 Å². The van der Waals surface area contributed by atoms with Gasteiger partial charge in [0.15, 0.2) is 6.10 Å². The van der Waals surface area contributed by atoms with Crippen molar-refractivity contribution in [1.29, 1.82) is 0 Å². The summed E-state index contributed by atoms with van der Waals surface area (Å²) in [4.78, 5) is 26.7. The summed E-state index contributed by atoms with van der Waals surface area (Å²) in [5.74, 6) is -0.271. The van der Waals surface area contributed by atoms with Crippen molar-refractivity contribution >= 4 is 11.6 Å². The fourth-order valence-corrected chi connectivity index (χ4v) is 3.33. The largest absolute Gasteiger partial charge is 0.394 e. The van der Waals surface area contributed by atoms with Crippen molar-refractivity contribution in [1.82, 2.24) is 15.3 Å². The predicted octanol–water partition coefficient (Wildman–Crippen LogP) is 1.12. The third kappa shape index (κ3) is 5.22. The molecule has 9 nitrogen and oxygen atoms in total. The number of rotatable bonds is 6. The average Bonchev–Trinajstić information content (AvgIpc) is 3.28. The lowest BCUT2D eigenvalue weighted by molar-refractivity contribution is -0.178. The summed E-state index contributed by atoms with van der Waals surface area (Å²) in [5, 5.41) is 16.0. The maximum atomic E-state index is 13.0. The zero-order valence-corrected chi connectivity index (χ0v) is 17.0. The van der Waals surface area contributed by atoms with Gasteiger partial charge in [-0.1, -0.05) is 17.3 Å². The van der Waals surface area contributed by atoms with Crippen LogP contribution >= 0.6 is 0 Å². The van der Waals surface area contributed by atoms with E-state index in [4.69, 9.17) is 19.4 Å². The number of amides is 1. The quantitative estimate of drug-likeness (QED) is 0.706. The van der Waals surface area contributed by atoms with E-state index in [2.05, 4.69) is 20.4 Å². The number of aryl methyl sites for hydroxylation is 1. The van der Waals surface area contributed by atoms with E-state index < -0.39 is 0 Å². The first kappa shape index (κ1) is 21.3. The number of aliphatic hydroxyl groups excluding tert-OH is 1. The van der Waals surface area contributed by atoms with Crippen molar-refractivity contribution in [2.45, 2.75) is 38.2 Å². The van der Waals surface area contributed by atoms with Crippen molar-refractivity contribution in [3.8, 4) is 0 Å². The SMILES string of the molecule is Cc1nc(C(=O)NCc2ccc(F)cc2)cc(C2=NO[C@@H]([C@@H]3CO[C@@H](CO)CO3)C2)n1. The number of carbonyl (C=O) groups is 1. The van der Waals surface area contributed by atoms with Gasteiger partial charge < -0.3 is 24.7 Å². The first-order valence-electron chi connectivity index (χ1n) is 9.97. The Labute approximate surface area is 178 Å². The van der Waals surface area contributed by atoms with E-state index in [0.717, 1.165) is 5.56 Å². The first-order chi connectivity index (χ1) is 15.0. The molecule has 2 aromatic rings. The fourth-order valence-electron chi connectivity index (χ4n) is 3.33. The standard InChI is InChI=1S/C21H23FN4O5/c1-12-24-16(17-7-19(31-26-17)20-11-29-15(9-27)10-30-20)6-18(25-12)21(28)23-8-13-2-4-14(22)5-3-13/h2-6,15,19-20,27H,7-11H2,1H3,(H,23,28)/t15-,19+,20-/m0/s1. The lowest BCUT2D eigenvalue weighted by atomic mass is 10.0. The number of ether oxygens (including phenoxy) is 2. The minimum atomic E-state index is -0.369. The highest BCUT2D eigenvalue weighted by Gasteiger charge is 2.35. The maximum Gasteiger partial charge on any atom is 0.270 e. The molecule has 0 saturated carbocycles. The smallest absolute Gasteiger partial charge is 0.270 e. The summed E-state index contributed by atoms with van der Waals surface area (Å²) in [6, 6.07) is 7.47. The zero-order valence-electron chi connectivity index (χ0n) is 17.0. The molecule has 0 radical (unpaired) electrons. The molecule has 3 heterocycles. The molecule has 1 amide bonds. The minimum Gasteiger partial charge on any atom is -0.394 e. The Morgan fingerprint density at radius 3 is 2.71 bits per heavy atom. The second-order valence-corrected chi connectivity index (χ2v) is 7.39. The van der Waals surface area contributed by atoms with Gasteiger partial charge in [-0.2, -0.15) is 0 Å². The van der Waals surface area contributed by atoms with Crippen LogP contribution in [-0.2, 0) is 20.9 Å². The Balaban J connectivity index is 1.38. The number of aromatic nitrogens is 2. The summed E-state index contributed by atoms with van der Waals surface area (Å²) in [6.07, 6.45) is -0.505. The third-order valence-corrected chi connectivity index (χ3v) is 5.04. The van der Waals surface area contributed by atoms with E-state index in [9.17, 15) is 9.18 Å². The van der Waals surface area contributed by atoms with Gasteiger partial charge in [0.1, 0.15) is 35.3 Å². The van der Waals surface area contributed by atoms with E-state index in [1.807, 2.05) is 0 Å². The Morgan fingerprint density at radius 1 is 1.19 bits per heavy atom. The summed E-state index contributed by atoms with van der Waals surface area (Å²) in [6.45, 7) is 2.45. The van der Waals surface area contributed by atoms with Crippen LogP contribution in [0.2, 0.25) is 0 Å². The summed E-state index contributed by atoms with van der Waals surface area (Å²) in [7, 11) is 0. The van der Waals surface area contributed by atoms with Crippen molar-refractivity contribution in [3.05, 3.63) is 58.9 Å². The number of nitrogens with one attached hydrogen (secondary N) is 1. The number of carbonyl (C=O) groups excluding carboxylic acids is 1. The monoisotopic (exact) mass is 430 g/mol. The Kier molecular flexibility index (Phi) is 6.50. The molecule has 2 aliphatic rings. The van der Waals surface area contributed by atoms with Gasteiger partial charge >= 0.3 is 0 Å². The Morgan fingerprint density at radius 2 is 2.00 bits per heavy atom. The molecule has 1 aromatic heterocycles. The van der Waals surface area contributed by atoms with Crippen molar-refractivity contribution in [2.24, 2.45) is 5.16 Å². The molecule has 0 spiro atoms. The number of oxime groups is 1. The van der Waals surface area contributed by atoms with Crippen LogP contribution in [0.15, 0.2) is 35.5 Å². The van der Waals surface area contributed by atoms with E-state index in [-0.39, 0.29) is 48.9 Å². The number of hydrogen-bond donors (Lipinski definition) is 2. The van der Waals surface area contributed by atoms with E-state index in [0.29, 0.717) is 36.9 Å². The average molecular weight is 430 g/mol. The van der Waals surface area contributed by atoms with Gasteiger partial charge in [0.2, 0.25) is 0 Å². The van der Waals surface area contributed by atoms with Crippen LogP contribution in [-0.4, -0.2) is 64.8 Å². The second kappa shape index (κ2) is 9.46. The van der Waals surface area contributed by atoms with Gasteiger partial charge in [0, 0.05) is 13.0 Å². The number of halogens is 1.